The standard InChI is InChI=1S/C19H24N2O/c1-13-4-7-18(14(2)10-13)11-15(3)21-19(22)17-8-5-16(12-20)6-9-17/h4-10,15H,11-12,20H2,1-3H3,(H,21,22). The summed E-state index contributed by atoms with van der Waals surface area (Å²) in [6, 6.07) is 13.9. The molecule has 3 N–H and O–H groups in total. The summed E-state index contributed by atoms with van der Waals surface area (Å²) in [7, 11) is 0. The molecule has 0 saturated carbocycles. The van der Waals surface area contributed by atoms with Crippen LogP contribution in [0.5, 0.6) is 0 Å². The molecule has 22 heavy (non-hydrogen) atoms. The van der Waals surface area contributed by atoms with E-state index >= 15 is 0 Å². The lowest BCUT2D eigenvalue weighted by Gasteiger charge is -2.16. The highest BCUT2D eigenvalue weighted by Crippen LogP contribution is 2.13. The Morgan fingerprint density at radius 1 is 1.14 bits per heavy atom. The maximum absolute atomic E-state index is 12.2. The average Bonchev–Trinajstić information content (AvgIpc) is 2.50. The lowest BCUT2D eigenvalue weighted by Crippen LogP contribution is -2.34. The van der Waals surface area contributed by atoms with Crippen molar-refractivity contribution in [3.63, 3.8) is 0 Å². The number of hydrogen-bond acceptors (Lipinski definition) is 2. The van der Waals surface area contributed by atoms with Gasteiger partial charge in [-0.2, -0.15) is 0 Å². The highest BCUT2D eigenvalue weighted by Gasteiger charge is 2.11. The van der Waals surface area contributed by atoms with E-state index in [4.69, 9.17) is 5.73 Å². The van der Waals surface area contributed by atoms with E-state index in [-0.39, 0.29) is 11.9 Å². The summed E-state index contributed by atoms with van der Waals surface area (Å²) in [4.78, 5) is 12.2. The molecule has 0 aliphatic heterocycles. The predicted molar refractivity (Wildman–Crippen MR) is 90.9 cm³/mol. The second kappa shape index (κ2) is 7.23. The molecule has 3 heteroatoms. The third-order valence-corrected chi connectivity index (χ3v) is 3.85. The summed E-state index contributed by atoms with van der Waals surface area (Å²) in [6.45, 7) is 6.73. The fourth-order valence-corrected chi connectivity index (χ4v) is 2.56. The Hall–Kier alpha value is -2.13. The van der Waals surface area contributed by atoms with Crippen molar-refractivity contribution in [1.82, 2.24) is 5.32 Å². The van der Waals surface area contributed by atoms with Crippen LogP contribution >= 0.6 is 0 Å². The number of nitrogens with one attached hydrogen (secondary N) is 1. The van der Waals surface area contributed by atoms with Crippen LogP contribution < -0.4 is 11.1 Å². The van der Waals surface area contributed by atoms with E-state index in [1.807, 2.05) is 31.2 Å². The van der Waals surface area contributed by atoms with Crippen molar-refractivity contribution >= 4 is 5.91 Å². The second-order valence-corrected chi connectivity index (χ2v) is 5.91. The fourth-order valence-electron chi connectivity index (χ4n) is 2.56. The molecule has 3 nitrogen and oxygen atoms in total. The Morgan fingerprint density at radius 3 is 2.41 bits per heavy atom. The van der Waals surface area contributed by atoms with Crippen molar-refractivity contribution in [2.75, 3.05) is 0 Å². The van der Waals surface area contributed by atoms with Crippen LogP contribution in [0.15, 0.2) is 42.5 Å². The molecule has 2 aromatic carbocycles. The summed E-state index contributed by atoms with van der Waals surface area (Å²) in [6.07, 6.45) is 0.832. The monoisotopic (exact) mass is 296 g/mol. The minimum atomic E-state index is -0.0409. The van der Waals surface area contributed by atoms with Crippen molar-refractivity contribution in [3.8, 4) is 0 Å². The van der Waals surface area contributed by atoms with Gasteiger partial charge in [0.05, 0.1) is 0 Å². The minimum Gasteiger partial charge on any atom is -0.349 e. The molecule has 2 aromatic rings. The van der Waals surface area contributed by atoms with Gasteiger partial charge in [0.2, 0.25) is 0 Å². The molecule has 0 radical (unpaired) electrons. The van der Waals surface area contributed by atoms with Gasteiger partial charge >= 0.3 is 0 Å². The van der Waals surface area contributed by atoms with Gasteiger partial charge in [0, 0.05) is 18.2 Å². The zero-order chi connectivity index (χ0) is 16.1. The van der Waals surface area contributed by atoms with Gasteiger partial charge in [-0.15, -0.1) is 0 Å². The summed E-state index contributed by atoms with van der Waals surface area (Å²) in [5, 5.41) is 3.05. The smallest absolute Gasteiger partial charge is 0.251 e. The van der Waals surface area contributed by atoms with Gasteiger partial charge < -0.3 is 11.1 Å². The average molecular weight is 296 g/mol. The van der Waals surface area contributed by atoms with E-state index in [2.05, 4.69) is 37.4 Å². The number of benzene rings is 2. The number of carbonyl (C=O) groups excluding carboxylic acids is 1. The van der Waals surface area contributed by atoms with Crippen molar-refractivity contribution < 1.29 is 4.79 Å². The predicted octanol–water partition coefficient (Wildman–Crippen LogP) is 3.12. The number of hydrogen-bond donors (Lipinski definition) is 2. The number of amides is 1. The number of carbonyl (C=O) groups is 1. The number of rotatable bonds is 5. The number of nitrogens with two attached hydrogens (primary N) is 1. The van der Waals surface area contributed by atoms with E-state index in [1.165, 1.54) is 16.7 Å². The molecule has 1 unspecified atom stereocenters. The molecular weight excluding hydrogens is 272 g/mol. The van der Waals surface area contributed by atoms with E-state index in [9.17, 15) is 4.79 Å². The molecule has 0 aliphatic rings. The van der Waals surface area contributed by atoms with Crippen LogP contribution in [0.25, 0.3) is 0 Å². The Kier molecular flexibility index (Phi) is 5.34. The maximum Gasteiger partial charge on any atom is 0.251 e. The molecule has 2 rings (SSSR count). The topological polar surface area (TPSA) is 55.1 Å². The fraction of sp³-hybridized carbons (Fsp3) is 0.316. The van der Waals surface area contributed by atoms with Crippen molar-refractivity contribution in [2.45, 2.75) is 39.8 Å². The Bertz CT molecular complexity index is 647. The molecule has 1 amide bonds. The second-order valence-electron chi connectivity index (χ2n) is 5.91. The first-order valence-corrected chi connectivity index (χ1v) is 7.65. The zero-order valence-corrected chi connectivity index (χ0v) is 13.5. The maximum atomic E-state index is 12.2. The van der Waals surface area contributed by atoms with Gasteiger partial charge in [-0.25, -0.2) is 0 Å². The Labute approximate surface area is 132 Å². The van der Waals surface area contributed by atoms with E-state index < -0.39 is 0 Å². The first-order chi connectivity index (χ1) is 10.5. The molecule has 0 bridgehead atoms. The van der Waals surface area contributed by atoms with Crippen LogP contribution in [-0.2, 0) is 13.0 Å². The Morgan fingerprint density at radius 2 is 1.82 bits per heavy atom. The molecule has 116 valence electrons. The summed E-state index contributed by atoms with van der Waals surface area (Å²) < 4.78 is 0. The first-order valence-electron chi connectivity index (χ1n) is 7.65. The molecule has 0 saturated heterocycles. The number of aryl methyl sites for hydroxylation is 2. The summed E-state index contributed by atoms with van der Waals surface area (Å²) >= 11 is 0. The van der Waals surface area contributed by atoms with Gasteiger partial charge in [0.15, 0.2) is 0 Å². The lowest BCUT2D eigenvalue weighted by atomic mass is 10.00. The molecule has 0 heterocycles. The van der Waals surface area contributed by atoms with Crippen molar-refractivity contribution in [1.29, 1.82) is 0 Å². The SMILES string of the molecule is Cc1ccc(CC(C)NC(=O)c2ccc(CN)cc2)c(C)c1. The van der Waals surface area contributed by atoms with Gasteiger partial charge in [-0.3, -0.25) is 4.79 Å². The molecule has 0 spiro atoms. The van der Waals surface area contributed by atoms with E-state index in [1.54, 1.807) is 0 Å². The van der Waals surface area contributed by atoms with Gasteiger partial charge in [0.1, 0.15) is 0 Å². The largest absolute Gasteiger partial charge is 0.349 e. The normalized spacial score (nSPS) is 12.0. The van der Waals surface area contributed by atoms with Crippen molar-refractivity contribution in [2.24, 2.45) is 5.73 Å². The van der Waals surface area contributed by atoms with Crippen LogP contribution in [0.3, 0.4) is 0 Å². The quantitative estimate of drug-likeness (QED) is 0.890. The molecule has 0 aliphatic carbocycles. The van der Waals surface area contributed by atoms with Gasteiger partial charge in [-0.1, -0.05) is 35.9 Å². The first kappa shape index (κ1) is 16.2. The van der Waals surface area contributed by atoms with Crippen molar-refractivity contribution in [3.05, 3.63) is 70.3 Å². The molecular formula is C19H24N2O. The third-order valence-electron chi connectivity index (χ3n) is 3.85. The molecule has 1 atom stereocenters. The van der Waals surface area contributed by atoms with Crippen LogP contribution in [0.2, 0.25) is 0 Å². The molecule has 0 fully saturated rings. The minimum absolute atomic E-state index is 0.0409. The summed E-state index contributed by atoms with van der Waals surface area (Å²) in [5.74, 6) is -0.0409. The Balaban J connectivity index is 1.98. The van der Waals surface area contributed by atoms with Gasteiger partial charge in [-0.05, 0) is 56.0 Å². The van der Waals surface area contributed by atoms with Crippen LogP contribution in [0, 0.1) is 13.8 Å². The highest BCUT2D eigenvalue weighted by molar-refractivity contribution is 5.94. The molecule has 0 aromatic heterocycles. The van der Waals surface area contributed by atoms with Gasteiger partial charge in [0.25, 0.3) is 5.91 Å². The third kappa shape index (κ3) is 4.18. The van der Waals surface area contributed by atoms with Crippen LogP contribution in [-0.4, -0.2) is 11.9 Å². The lowest BCUT2D eigenvalue weighted by molar-refractivity contribution is 0.0940. The van der Waals surface area contributed by atoms with Crippen LogP contribution in [0.1, 0.15) is 39.5 Å². The summed E-state index contributed by atoms with van der Waals surface area (Å²) in [5.41, 5.74) is 11.1. The highest BCUT2D eigenvalue weighted by atomic mass is 16.1. The van der Waals surface area contributed by atoms with Crippen LogP contribution in [0.4, 0.5) is 0 Å². The van der Waals surface area contributed by atoms with E-state index in [0.29, 0.717) is 12.1 Å². The zero-order valence-electron chi connectivity index (χ0n) is 13.5. The van der Waals surface area contributed by atoms with E-state index in [0.717, 1.165) is 12.0 Å².